The van der Waals surface area contributed by atoms with Crippen molar-refractivity contribution in [1.29, 1.82) is 0 Å². The number of likely N-dealkylation sites (tertiary alicyclic amines) is 1. The molecule has 4 aromatic rings. The lowest BCUT2D eigenvalue weighted by molar-refractivity contribution is -0.384. The van der Waals surface area contributed by atoms with Crippen LogP contribution in [0.5, 0.6) is 0 Å². The Bertz CT molecular complexity index is 1570. The number of nitrogens with zero attached hydrogens (tertiary/aromatic N) is 3. The number of fused-ring (bicyclic) bond motifs is 1. The molecule has 1 aliphatic rings. The van der Waals surface area contributed by atoms with E-state index in [0.29, 0.717) is 42.4 Å². The van der Waals surface area contributed by atoms with Crippen LogP contribution in [-0.4, -0.2) is 46.0 Å². The molecule has 0 saturated carbocycles. The van der Waals surface area contributed by atoms with Crippen molar-refractivity contribution >= 4 is 28.5 Å². The van der Waals surface area contributed by atoms with Crippen molar-refractivity contribution in [3.63, 3.8) is 0 Å². The lowest BCUT2D eigenvalue weighted by atomic mass is 9.87. The third-order valence-corrected chi connectivity index (χ3v) is 7.70. The second kappa shape index (κ2) is 12.3. The predicted octanol–water partition coefficient (Wildman–Crippen LogP) is 6.06. The molecule has 2 unspecified atom stereocenters. The third-order valence-electron chi connectivity index (χ3n) is 7.70. The topological polar surface area (TPSA) is 94.7 Å². The third kappa shape index (κ3) is 6.29. The smallest absolute Gasteiger partial charge is 0.310 e. The highest BCUT2D eigenvalue weighted by Crippen LogP contribution is 2.37. The Morgan fingerprint density at radius 3 is 2.63 bits per heavy atom. The average molecular weight is 558 g/mol. The predicted molar refractivity (Wildman–Crippen MR) is 153 cm³/mol. The molecule has 0 bridgehead atoms. The molecular weight excluding hydrogens is 525 g/mol. The number of amides is 1. The molecule has 8 nitrogen and oxygen atoms in total. The monoisotopic (exact) mass is 557 g/mol. The van der Waals surface area contributed by atoms with Gasteiger partial charge in [-0.1, -0.05) is 42.5 Å². The molecule has 2 heterocycles. The fraction of sp³-hybridized carbons (Fsp3) is 0.312. The summed E-state index contributed by atoms with van der Waals surface area (Å²) >= 11 is 0. The minimum Gasteiger partial charge on any atom is -0.466 e. The van der Waals surface area contributed by atoms with Crippen molar-refractivity contribution in [3.8, 4) is 0 Å². The normalized spacial score (nSPS) is 16.0. The molecular formula is C32H32FN3O5. The van der Waals surface area contributed by atoms with E-state index < -0.39 is 16.7 Å². The highest BCUT2D eigenvalue weighted by Gasteiger charge is 2.32. The van der Waals surface area contributed by atoms with Gasteiger partial charge in [-0.15, -0.1) is 0 Å². The zero-order valence-corrected chi connectivity index (χ0v) is 22.9. The van der Waals surface area contributed by atoms with Crippen molar-refractivity contribution in [2.45, 2.75) is 38.6 Å². The van der Waals surface area contributed by atoms with E-state index >= 15 is 0 Å². The fourth-order valence-electron chi connectivity index (χ4n) is 5.71. The summed E-state index contributed by atoms with van der Waals surface area (Å²) in [7, 11) is 0. The minimum atomic E-state index is -0.567. The summed E-state index contributed by atoms with van der Waals surface area (Å²) in [6.07, 6.45) is 3.28. The van der Waals surface area contributed by atoms with Gasteiger partial charge in [0.2, 0.25) is 5.91 Å². The van der Waals surface area contributed by atoms with Gasteiger partial charge in [0.1, 0.15) is 5.82 Å². The van der Waals surface area contributed by atoms with Crippen molar-refractivity contribution in [2.24, 2.45) is 5.92 Å². The number of aromatic nitrogens is 1. The molecule has 0 aliphatic carbocycles. The molecule has 212 valence electrons. The number of piperidine rings is 1. The van der Waals surface area contributed by atoms with E-state index in [2.05, 4.69) is 0 Å². The number of carbonyl (C=O) groups excluding carboxylic acids is 2. The number of nitro benzene ring substituents is 1. The molecule has 1 saturated heterocycles. The highest BCUT2D eigenvalue weighted by atomic mass is 19.1. The van der Waals surface area contributed by atoms with Crippen LogP contribution < -0.4 is 0 Å². The molecule has 1 aromatic heterocycles. The zero-order chi connectivity index (χ0) is 28.9. The Morgan fingerprint density at radius 1 is 1.10 bits per heavy atom. The first-order valence-corrected chi connectivity index (χ1v) is 13.8. The van der Waals surface area contributed by atoms with E-state index in [9.17, 15) is 24.1 Å². The summed E-state index contributed by atoms with van der Waals surface area (Å²) in [6, 6.07) is 20.7. The van der Waals surface area contributed by atoms with E-state index in [1.807, 2.05) is 41.1 Å². The van der Waals surface area contributed by atoms with Gasteiger partial charge in [0.05, 0.1) is 17.4 Å². The molecule has 1 amide bonds. The van der Waals surface area contributed by atoms with Gasteiger partial charge in [0.25, 0.3) is 5.69 Å². The van der Waals surface area contributed by atoms with Crippen LogP contribution in [-0.2, 0) is 20.9 Å². The number of halogens is 1. The van der Waals surface area contributed by atoms with Crippen molar-refractivity contribution in [2.75, 3.05) is 19.7 Å². The first kappa shape index (κ1) is 28.0. The Hall–Kier alpha value is -4.53. The van der Waals surface area contributed by atoms with E-state index in [0.717, 1.165) is 11.1 Å². The van der Waals surface area contributed by atoms with Crippen LogP contribution in [0.3, 0.4) is 0 Å². The van der Waals surface area contributed by atoms with E-state index in [4.69, 9.17) is 4.74 Å². The van der Waals surface area contributed by atoms with Crippen LogP contribution in [0.15, 0.2) is 79.0 Å². The van der Waals surface area contributed by atoms with Gasteiger partial charge >= 0.3 is 5.97 Å². The summed E-state index contributed by atoms with van der Waals surface area (Å²) < 4.78 is 21.7. The zero-order valence-electron chi connectivity index (χ0n) is 22.9. The number of non-ortho nitro benzene ring substituents is 1. The maximum absolute atomic E-state index is 14.5. The summed E-state index contributed by atoms with van der Waals surface area (Å²) in [4.78, 5) is 39.1. The Kier molecular flexibility index (Phi) is 8.42. The van der Waals surface area contributed by atoms with Gasteiger partial charge in [-0.25, -0.2) is 4.39 Å². The Morgan fingerprint density at radius 2 is 1.90 bits per heavy atom. The van der Waals surface area contributed by atoms with E-state index in [-0.39, 0.29) is 43.1 Å². The summed E-state index contributed by atoms with van der Waals surface area (Å²) in [6.45, 7) is 3.35. The molecule has 1 aliphatic heterocycles. The largest absolute Gasteiger partial charge is 0.466 e. The summed E-state index contributed by atoms with van der Waals surface area (Å²) in [5.41, 5.74) is 3.07. The van der Waals surface area contributed by atoms with Crippen molar-refractivity contribution in [3.05, 3.63) is 112 Å². The minimum absolute atomic E-state index is 0.0200. The van der Waals surface area contributed by atoms with E-state index in [1.165, 1.54) is 24.3 Å². The van der Waals surface area contributed by atoms with Gasteiger partial charge < -0.3 is 14.2 Å². The number of rotatable bonds is 9. The van der Waals surface area contributed by atoms with Crippen LogP contribution in [0.4, 0.5) is 10.1 Å². The van der Waals surface area contributed by atoms with Crippen LogP contribution in [0.25, 0.3) is 10.9 Å². The van der Waals surface area contributed by atoms with Crippen LogP contribution in [0, 0.1) is 21.8 Å². The number of nitro groups is 1. The second-order valence-corrected chi connectivity index (χ2v) is 10.4. The summed E-state index contributed by atoms with van der Waals surface area (Å²) in [5.74, 6) is -1.84. The van der Waals surface area contributed by atoms with Crippen molar-refractivity contribution < 1.29 is 23.6 Å². The molecule has 2 atom stereocenters. The van der Waals surface area contributed by atoms with Crippen LogP contribution in [0.2, 0.25) is 0 Å². The number of hydrogen-bond donors (Lipinski definition) is 0. The number of benzene rings is 3. The number of carbonyl (C=O) groups is 2. The molecule has 41 heavy (non-hydrogen) atoms. The number of hydrogen-bond acceptors (Lipinski definition) is 5. The molecule has 0 N–H and O–H groups in total. The van der Waals surface area contributed by atoms with Crippen molar-refractivity contribution in [1.82, 2.24) is 9.47 Å². The first-order valence-electron chi connectivity index (χ1n) is 13.8. The molecule has 3 aromatic carbocycles. The lowest BCUT2D eigenvalue weighted by Crippen LogP contribution is -2.43. The van der Waals surface area contributed by atoms with Crippen LogP contribution in [0.1, 0.15) is 48.8 Å². The Labute approximate surface area is 237 Å². The number of ether oxygens (including phenoxy) is 1. The fourth-order valence-corrected chi connectivity index (χ4v) is 5.71. The Balaban J connectivity index is 1.56. The maximum Gasteiger partial charge on any atom is 0.310 e. The number of esters is 1. The average Bonchev–Trinajstić information content (AvgIpc) is 3.33. The van der Waals surface area contributed by atoms with E-state index in [1.54, 1.807) is 30.0 Å². The van der Waals surface area contributed by atoms with Crippen LogP contribution >= 0.6 is 0 Å². The molecule has 0 spiro atoms. The van der Waals surface area contributed by atoms with Gasteiger partial charge in [-0.2, -0.15) is 0 Å². The molecule has 9 heteroatoms. The van der Waals surface area contributed by atoms with Gasteiger partial charge in [-0.3, -0.25) is 19.7 Å². The highest BCUT2D eigenvalue weighted by molar-refractivity contribution is 5.88. The standard InChI is InChI=1S/C32H32FN3O5/c1-2-41-32(38)24-11-7-15-34(20-24)31(37)18-27(23-10-6-12-25(33)16-23)29-21-35(19-22-8-4-3-5-9-22)30-14-13-26(36(39)40)17-28(29)30/h3-6,8-10,12-14,16-17,21,24,27H,2,7,11,15,18-20H2,1H3. The van der Waals surface area contributed by atoms with Gasteiger partial charge in [-0.05, 0) is 54.7 Å². The second-order valence-electron chi connectivity index (χ2n) is 10.4. The first-order chi connectivity index (χ1) is 19.8. The SMILES string of the molecule is CCOC(=O)C1CCCN(C(=O)CC(c2cccc(F)c2)c2cn(Cc3ccccc3)c3ccc([N+](=O)[O-])cc23)C1. The lowest BCUT2D eigenvalue weighted by Gasteiger charge is -2.32. The summed E-state index contributed by atoms with van der Waals surface area (Å²) in [5, 5.41) is 12.3. The molecule has 1 fully saturated rings. The molecule has 0 radical (unpaired) electrons. The quantitative estimate of drug-likeness (QED) is 0.142. The maximum atomic E-state index is 14.5. The molecule has 5 rings (SSSR count). The van der Waals surface area contributed by atoms with Gasteiger partial charge in [0.15, 0.2) is 0 Å². The van der Waals surface area contributed by atoms with Gasteiger partial charge in [0, 0.05) is 61.2 Å².